The van der Waals surface area contributed by atoms with E-state index in [0.717, 1.165) is 4.88 Å². The minimum absolute atomic E-state index is 0.0772. The van der Waals surface area contributed by atoms with Gasteiger partial charge in [-0.15, -0.1) is 11.3 Å². The Morgan fingerprint density at radius 3 is 2.59 bits per heavy atom. The zero-order valence-corrected chi connectivity index (χ0v) is 17.3. The second-order valence-corrected chi connectivity index (χ2v) is 10.6. The summed E-state index contributed by atoms with van der Waals surface area (Å²) >= 11 is 1.41. The molecule has 0 bridgehead atoms. The van der Waals surface area contributed by atoms with Gasteiger partial charge in [0.2, 0.25) is 11.8 Å². The lowest BCUT2D eigenvalue weighted by atomic mass is 10.1. The molecule has 0 N–H and O–H groups in total. The predicted octanol–water partition coefficient (Wildman–Crippen LogP) is 2.63. The fraction of sp³-hybridized carbons (Fsp3) is 0.400. The molecule has 9 heteroatoms. The van der Waals surface area contributed by atoms with Crippen LogP contribution < -0.4 is 4.90 Å². The van der Waals surface area contributed by atoms with Crippen molar-refractivity contribution >= 4 is 38.7 Å². The van der Waals surface area contributed by atoms with Gasteiger partial charge in [-0.3, -0.25) is 9.59 Å². The van der Waals surface area contributed by atoms with Crippen LogP contribution in [0.2, 0.25) is 0 Å². The Morgan fingerprint density at radius 2 is 1.90 bits per heavy atom. The Kier molecular flexibility index (Phi) is 5.44. The molecule has 0 unspecified atom stereocenters. The van der Waals surface area contributed by atoms with E-state index in [1.54, 1.807) is 4.90 Å². The normalized spacial score (nSPS) is 24.5. The van der Waals surface area contributed by atoms with Gasteiger partial charge in [0, 0.05) is 36.6 Å². The van der Waals surface area contributed by atoms with Crippen molar-refractivity contribution in [2.24, 2.45) is 5.92 Å². The maximum atomic E-state index is 13.1. The van der Waals surface area contributed by atoms with Crippen LogP contribution in [0.3, 0.4) is 0 Å². The van der Waals surface area contributed by atoms with Gasteiger partial charge in [-0.1, -0.05) is 6.07 Å². The first kappa shape index (κ1) is 20.0. The van der Waals surface area contributed by atoms with Gasteiger partial charge in [0.15, 0.2) is 9.84 Å². The highest BCUT2D eigenvalue weighted by Crippen LogP contribution is 2.33. The Morgan fingerprint density at radius 1 is 1.14 bits per heavy atom. The number of thiophene rings is 1. The molecule has 1 aromatic carbocycles. The fourth-order valence-electron chi connectivity index (χ4n) is 3.96. The van der Waals surface area contributed by atoms with Crippen molar-refractivity contribution in [3.63, 3.8) is 0 Å². The highest BCUT2D eigenvalue weighted by Gasteiger charge is 2.39. The van der Waals surface area contributed by atoms with Crippen molar-refractivity contribution < 1.29 is 22.4 Å². The number of halogens is 1. The van der Waals surface area contributed by atoms with Crippen LogP contribution in [0, 0.1) is 11.7 Å². The van der Waals surface area contributed by atoms with Crippen LogP contribution in [0.1, 0.15) is 23.0 Å². The molecule has 3 heterocycles. The van der Waals surface area contributed by atoms with Crippen LogP contribution in [-0.2, 0) is 19.4 Å². The lowest BCUT2D eigenvalue weighted by molar-refractivity contribution is -0.135. The van der Waals surface area contributed by atoms with Gasteiger partial charge in [-0.25, -0.2) is 12.8 Å². The standard InChI is InChI=1S/C20H21FN2O4S2/c21-15-3-5-16(6-4-15)23-13-14(12-19(23)24)20(25)22-8-7-18(17-2-1-10-28-17)29(26,27)11-9-22/h1-6,10,14,18H,7-9,11-13H2/t14-,18+/m0/s1. The zero-order chi connectivity index (χ0) is 20.6. The first-order chi connectivity index (χ1) is 13.8. The minimum atomic E-state index is -3.34. The highest BCUT2D eigenvalue weighted by molar-refractivity contribution is 7.91. The van der Waals surface area contributed by atoms with E-state index in [1.165, 1.54) is 40.5 Å². The quantitative estimate of drug-likeness (QED) is 0.741. The number of benzene rings is 1. The van der Waals surface area contributed by atoms with Gasteiger partial charge in [-0.2, -0.15) is 0 Å². The molecule has 0 aliphatic carbocycles. The molecule has 29 heavy (non-hydrogen) atoms. The summed E-state index contributed by atoms with van der Waals surface area (Å²) in [6.45, 7) is 0.715. The molecular weight excluding hydrogens is 415 g/mol. The predicted molar refractivity (Wildman–Crippen MR) is 109 cm³/mol. The van der Waals surface area contributed by atoms with Crippen LogP contribution in [0.15, 0.2) is 41.8 Å². The molecule has 0 spiro atoms. The molecule has 2 atom stereocenters. The monoisotopic (exact) mass is 436 g/mol. The molecule has 0 radical (unpaired) electrons. The van der Waals surface area contributed by atoms with Crippen molar-refractivity contribution in [3.05, 3.63) is 52.5 Å². The Labute approximate surface area is 172 Å². The van der Waals surface area contributed by atoms with E-state index in [9.17, 15) is 22.4 Å². The summed E-state index contributed by atoms with van der Waals surface area (Å²) in [7, 11) is -3.34. The summed E-state index contributed by atoms with van der Waals surface area (Å²) in [6.07, 6.45) is 0.435. The third-order valence-electron chi connectivity index (χ3n) is 5.53. The molecule has 2 aliphatic heterocycles. The second-order valence-electron chi connectivity index (χ2n) is 7.37. The summed E-state index contributed by atoms with van der Waals surface area (Å²) in [5.74, 6) is -1.37. The third kappa shape index (κ3) is 4.06. The van der Waals surface area contributed by atoms with E-state index in [-0.39, 0.29) is 42.9 Å². The summed E-state index contributed by atoms with van der Waals surface area (Å²) in [5, 5.41) is 1.27. The van der Waals surface area contributed by atoms with Crippen molar-refractivity contribution in [1.29, 1.82) is 0 Å². The van der Waals surface area contributed by atoms with Gasteiger partial charge in [0.25, 0.3) is 0 Å². The van der Waals surface area contributed by atoms with E-state index in [2.05, 4.69) is 0 Å². The van der Waals surface area contributed by atoms with E-state index in [4.69, 9.17) is 0 Å². The molecule has 6 nitrogen and oxygen atoms in total. The number of sulfone groups is 1. The Balaban J connectivity index is 1.46. The smallest absolute Gasteiger partial charge is 0.228 e. The minimum Gasteiger partial charge on any atom is -0.341 e. The number of hydrogen-bond donors (Lipinski definition) is 0. The van der Waals surface area contributed by atoms with Gasteiger partial charge in [0.05, 0.1) is 16.9 Å². The van der Waals surface area contributed by atoms with Crippen molar-refractivity contribution in [1.82, 2.24) is 4.90 Å². The first-order valence-electron chi connectivity index (χ1n) is 9.45. The molecule has 0 saturated carbocycles. The topological polar surface area (TPSA) is 74.8 Å². The van der Waals surface area contributed by atoms with E-state index < -0.39 is 21.0 Å². The first-order valence-corrected chi connectivity index (χ1v) is 12.0. The SMILES string of the molecule is O=C([C@H]1CC(=O)N(c2ccc(F)cc2)C1)N1CC[C@H](c2cccs2)S(=O)(=O)CC1. The van der Waals surface area contributed by atoms with Crippen LogP contribution in [0.5, 0.6) is 0 Å². The number of carbonyl (C=O) groups is 2. The van der Waals surface area contributed by atoms with Gasteiger partial charge >= 0.3 is 0 Å². The summed E-state index contributed by atoms with van der Waals surface area (Å²) in [4.78, 5) is 29.3. The molecule has 1 aromatic heterocycles. The van der Waals surface area contributed by atoms with E-state index in [0.29, 0.717) is 18.7 Å². The highest BCUT2D eigenvalue weighted by atomic mass is 32.2. The van der Waals surface area contributed by atoms with Gasteiger partial charge < -0.3 is 9.80 Å². The number of carbonyl (C=O) groups excluding carboxylic acids is 2. The number of nitrogens with zero attached hydrogens (tertiary/aromatic N) is 2. The number of hydrogen-bond acceptors (Lipinski definition) is 5. The van der Waals surface area contributed by atoms with Gasteiger partial charge in [0.1, 0.15) is 5.82 Å². The summed E-state index contributed by atoms with van der Waals surface area (Å²) < 4.78 is 38.5. The van der Waals surface area contributed by atoms with Gasteiger partial charge in [-0.05, 0) is 42.1 Å². The van der Waals surface area contributed by atoms with Crippen molar-refractivity contribution in [2.45, 2.75) is 18.1 Å². The zero-order valence-electron chi connectivity index (χ0n) is 15.7. The molecule has 2 fully saturated rings. The molecule has 2 aromatic rings. The van der Waals surface area contributed by atoms with E-state index >= 15 is 0 Å². The van der Waals surface area contributed by atoms with Crippen molar-refractivity contribution in [3.8, 4) is 0 Å². The molecule has 154 valence electrons. The summed E-state index contributed by atoms with van der Waals surface area (Å²) in [6, 6.07) is 9.25. The summed E-state index contributed by atoms with van der Waals surface area (Å²) in [5.41, 5.74) is 0.558. The maximum absolute atomic E-state index is 13.1. The molecule has 4 rings (SSSR count). The van der Waals surface area contributed by atoms with Crippen LogP contribution in [0.25, 0.3) is 0 Å². The largest absolute Gasteiger partial charge is 0.341 e. The molecule has 2 aliphatic rings. The average molecular weight is 437 g/mol. The number of anilines is 1. The molecular formula is C20H21FN2O4S2. The van der Waals surface area contributed by atoms with Crippen LogP contribution in [-0.4, -0.2) is 50.5 Å². The molecule has 2 saturated heterocycles. The lowest BCUT2D eigenvalue weighted by Gasteiger charge is -2.23. The Bertz CT molecular complexity index is 1010. The Hall–Kier alpha value is -2.26. The lowest BCUT2D eigenvalue weighted by Crippen LogP contribution is -2.39. The van der Waals surface area contributed by atoms with Crippen molar-refractivity contribution in [2.75, 3.05) is 30.3 Å². The molecule has 2 amide bonds. The number of rotatable bonds is 3. The van der Waals surface area contributed by atoms with E-state index in [1.807, 2.05) is 17.5 Å². The maximum Gasteiger partial charge on any atom is 0.228 e. The second kappa shape index (κ2) is 7.87. The third-order valence-corrected chi connectivity index (χ3v) is 8.77. The number of amides is 2. The average Bonchev–Trinajstić information content (AvgIpc) is 3.31. The van der Waals surface area contributed by atoms with Crippen LogP contribution in [0.4, 0.5) is 10.1 Å². The van der Waals surface area contributed by atoms with Crippen LogP contribution >= 0.6 is 11.3 Å². The fourth-order valence-corrected chi connectivity index (χ4v) is 6.96.